The standard InChI is InChI=1S/C20H18N2O3/c23-13-18(15-8-2-1-3-9-15)22-20(25)19(24)21-17-12-6-10-14-7-4-5-11-16(14)17/h1-12,18,23H,13H2,(H,21,24)(H,22,25)/t18-/m1/s1. The van der Waals surface area contributed by atoms with Gasteiger partial charge < -0.3 is 15.7 Å². The number of fused-ring (bicyclic) bond motifs is 1. The van der Waals surface area contributed by atoms with E-state index in [2.05, 4.69) is 10.6 Å². The van der Waals surface area contributed by atoms with Crippen molar-refractivity contribution in [2.45, 2.75) is 6.04 Å². The molecule has 3 rings (SSSR count). The summed E-state index contributed by atoms with van der Waals surface area (Å²) < 4.78 is 0. The molecule has 0 spiro atoms. The Morgan fingerprint density at radius 2 is 1.52 bits per heavy atom. The fourth-order valence-electron chi connectivity index (χ4n) is 2.66. The molecule has 3 aromatic carbocycles. The molecule has 5 heteroatoms. The predicted molar refractivity (Wildman–Crippen MR) is 97.0 cm³/mol. The molecule has 126 valence electrons. The second kappa shape index (κ2) is 7.59. The summed E-state index contributed by atoms with van der Waals surface area (Å²) in [5.74, 6) is -1.57. The van der Waals surface area contributed by atoms with Crippen LogP contribution in [0.2, 0.25) is 0 Å². The van der Waals surface area contributed by atoms with E-state index < -0.39 is 17.9 Å². The first kappa shape index (κ1) is 16.7. The van der Waals surface area contributed by atoms with Gasteiger partial charge >= 0.3 is 11.8 Å². The Labute approximate surface area is 145 Å². The van der Waals surface area contributed by atoms with E-state index in [0.717, 1.165) is 16.3 Å². The van der Waals surface area contributed by atoms with Crippen molar-refractivity contribution < 1.29 is 14.7 Å². The van der Waals surface area contributed by atoms with E-state index in [1.165, 1.54) is 0 Å². The maximum absolute atomic E-state index is 12.2. The number of hydrogen-bond acceptors (Lipinski definition) is 3. The summed E-state index contributed by atoms with van der Waals surface area (Å²) in [6, 6.07) is 21.5. The third-order valence-corrected chi connectivity index (χ3v) is 3.93. The van der Waals surface area contributed by atoms with Crippen molar-refractivity contribution in [1.29, 1.82) is 0 Å². The maximum atomic E-state index is 12.2. The highest BCUT2D eigenvalue weighted by molar-refractivity contribution is 6.40. The third-order valence-electron chi connectivity index (χ3n) is 3.93. The van der Waals surface area contributed by atoms with Gasteiger partial charge in [-0.05, 0) is 17.0 Å². The van der Waals surface area contributed by atoms with Crippen LogP contribution in [0.1, 0.15) is 11.6 Å². The lowest BCUT2D eigenvalue weighted by atomic mass is 10.1. The van der Waals surface area contributed by atoms with Gasteiger partial charge in [-0.2, -0.15) is 0 Å². The van der Waals surface area contributed by atoms with E-state index >= 15 is 0 Å². The van der Waals surface area contributed by atoms with Gasteiger partial charge in [-0.3, -0.25) is 9.59 Å². The van der Waals surface area contributed by atoms with Gasteiger partial charge in [0.05, 0.1) is 12.6 Å². The first-order chi connectivity index (χ1) is 12.2. The highest BCUT2D eigenvalue weighted by atomic mass is 16.3. The van der Waals surface area contributed by atoms with Crippen molar-refractivity contribution in [3.05, 3.63) is 78.4 Å². The molecule has 0 aliphatic rings. The molecule has 0 saturated carbocycles. The molecule has 0 saturated heterocycles. The van der Waals surface area contributed by atoms with Gasteiger partial charge in [-0.15, -0.1) is 0 Å². The van der Waals surface area contributed by atoms with Crippen LogP contribution in [0.4, 0.5) is 5.69 Å². The number of aliphatic hydroxyl groups excluding tert-OH is 1. The smallest absolute Gasteiger partial charge is 0.313 e. The second-order valence-electron chi connectivity index (χ2n) is 5.60. The Hall–Kier alpha value is -3.18. The molecule has 3 aromatic rings. The summed E-state index contributed by atoms with van der Waals surface area (Å²) in [6.07, 6.45) is 0. The molecule has 0 fully saturated rings. The molecule has 0 bridgehead atoms. The molecule has 0 aromatic heterocycles. The summed E-state index contributed by atoms with van der Waals surface area (Å²) in [5, 5.41) is 16.5. The minimum Gasteiger partial charge on any atom is -0.394 e. The fourth-order valence-corrected chi connectivity index (χ4v) is 2.66. The lowest BCUT2D eigenvalue weighted by molar-refractivity contribution is -0.136. The predicted octanol–water partition coefficient (Wildman–Crippen LogP) is 2.63. The quantitative estimate of drug-likeness (QED) is 0.642. The van der Waals surface area contributed by atoms with E-state index in [1.807, 2.05) is 42.5 Å². The summed E-state index contributed by atoms with van der Waals surface area (Å²) in [4.78, 5) is 24.4. The number of rotatable bonds is 4. The molecule has 0 aliphatic heterocycles. The molecule has 5 nitrogen and oxygen atoms in total. The molecule has 1 atom stereocenters. The van der Waals surface area contributed by atoms with Gasteiger partial charge in [0, 0.05) is 11.1 Å². The Kier molecular flexibility index (Phi) is 5.06. The van der Waals surface area contributed by atoms with Crippen LogP contribution in [0.3, 0.4) is 0 Å². The van der Waals surface area contributed by atoms with Crippen LogP contribution in [0.15, 0.2) is 72.8 Å². The van der Waals surface area contributed by atoms with Crippen LogP contribution in [0.5, 0.6) is 0 Å². The first-order valence-electron chi connectivity index (χ1n) is 7.94. The molecule has 0 heterocycles. The molecule has 25 heavy (non-hydrogen) atoms. The average Bonchev–Trinajstić information content (AvgIpc) is 2.67. The van der Waals surface area contributed by atoms with Crippen LogP contribution in [0, 0.1) is 0 Å². The van der Waals surface area contributed by atoms with Gasteiger partial charge in [0.15, 0.2) is 0 Å². The fraction of sp³-hybridized carbons (Fsp3) is 0.100. The first-order valence-corrected chi connectivity index (χ1v) is 7.94. The van der Waals surface area contributed by atoms with E-state index in [0.29, 0.717) is 5.69 Å². The Morgan fingerprint density at radius 3 is 2.28 bits per heavy atom. The zero-order chi connectivity index (χ0) is 17.6. The van der Waals surface area contributed by atoms with Crippen molar-refractivity contribution in [1.82, 2.24) is 5.32 Å². The van der Waals surface area contributed by atoms with E-state index in [9.17, 15) is 14.7 Å². The summed E-state index contributed by atoms with van der Waals surface area (Å²) in [6.45, 7) is -0.294. The van der Waals surface area contributed by atoms with E-state index in [4.69, 9.17) is 0 Å². The summed E-state index contributed by atoms with van der Waals surface area (Å²) in [5.41, 5.74) is 1.30. The van der Waals surface area contributed by atoms with E-state index in [1.54, 1.807) is 30.3 Å². The zero-order valence-corrected chi connectivity index (χ0v) is 13.5. The van der Waals surface area contributed by atoms with Gasteiger partial charge in [0.2, 0.25) is 0 Å². The molecule has 0 radical (unpaired) electrons. The number of hydrogen-bond donors (Lipinski definition) is 3. The monoisotopic (exact) mass is 334 g/mol. The van der Waals surface area contributed by atoms with Gasteiger partial charge in [-0.25, -0.2) is 0 Å². The molecule has 0 unspecified atom stereocenters. The highest BCUT2D eigenvalue weighted by Gasteiger charge is 2.20. The van der Waals surface area contributed by atoms with Crippen LogP contribution in [-0.4, -0.2) is 23.5 Å². The lowest BCUT2D eigenvalue weighted by Crippen LogP contribution is -2.39. The Bertz CT molecular complexity index is 888. The maximum Gasteiger partial charge on any atom is 0.313 e. The van der Waals surface area contributed by atoms with Crippen LogP contribution >= 0.6 is 0 Å². The summed E-state index contributed by atoms with van der Waals surface area (Å²) >= 11 is 0. The lowest BCUT2D eigenvalue weighted by Gasteiger charge is -2.16. The number of anilines is 1. The largest absolute Gasteiger partial charge is 0.394 e. The van der Waals surface area contributed by atoms with Crippen molar-refractivity contribution >= 4 is 28.3 Å². The third kappa shape index (κ3) is 3.84. The Morgan fingerprint density at radius 1 is 0.840 bits per heavy atom. The molecular weight excluding hydrogens is 316 g/mol. The SMILES string of the molecule is O=C(Nc1cccc2ccccc12)C(=O)N[C@H](CO)c1ccccc1. The van der Waals surface area contributed by atoms with E-state index in [-0.39, 0.29) is 6.61 Å². The number of nitrogens with one attached hydrogen (secondary N) is 2. The van der Waals surface area contributed by atoms with Crippen LogP contribution < -0.4 is 10.6 Å². The highest BCUT2D eigenvalue weighted by Crippen LogP contribution is 2.22. The van der Waals surface area contributed by atoms with Crippen LogP contribution in [0.25, 0.3) is 10.8 Å². The average molecular weight is 334 g/mol. The minimum absolute atomic E-state index is 0.294. The second-order valence-corrected chi connectivity index (χ2v) is 5.60. The molecule has 3 N–H and O–H groups in total. The normalized spacial score (nSPS) is 11.7. The number of benzene rings is 3. The van der Waals surface area contributed by atoms with Gasteiger partial charge in [0.25, 0.3) is 0 Å². The van der Waals surface area contributed by atoms with Gasteiger partial charge in [0.1, 0.15) is 0 Å². The topological polar surface area (TPSA) is 78.4 Å². The van der Waals surface area contributed by atoms with Crippen molar-refractivity contribution in [2.75, 3.05) is 11.9 Å². The molecule has 0 aliphatic carbocycles. The van der Waals surface area contributed by atoms with Gasteiger partial charge in [-0.1, -0.05) is 66.7 Å². The zero-order valence-electron chi connectivity index (χ0n) is 13.5. The number of carbonyl (C=O) groups is 2. The Balaban J connectivity index is 1.73. The minimum atomic E-state index is -0.796. The number of carbonyl (C=O) groups excluding carboxylic acids is 2. The molecule has 2 amide bonds. The van der Waals surface area contributed by atoms with Crippen molar-refractivity contribution in [3.63, 3.8) is 0 Å². The van der Waals surface area contributed by atoms with Crippen LogP contribution in [-0.2, 0) is 9.59 Å². The number of aliphatic hydroxyl groups is 1. The van der Waals surface area contributed by atoms with Crippen molar-refractivity contribution in [3.8, 4) is 0 Å². The van der Waals surface area contributed by atoms with Crippen molar-refractivity contribution in [2.24, 2.45) is 0 Å². The summed E-state index contributed by atoms with van der Waals surface area (Å²) in [7, 11) is 0. The number of amides is 2. The molecular formula is C20H18N2O3.